The topological polar surface area (TPSA) is 12.0 Å². The number of nitrogens with one attached hydrogen (secondary N) is 1. The Kier molecular flexibility index (Phi) is 3.20. The van der Waals surface area contributed by atoms with Crippen molar-refractivity contribution in [3.63, 3.8) is 0 Å². The summed E-state index contributed by atoms with van der Waals surface area (Å²) in [5.74, 6) is 0.959. The smallest absolute Gasteiger partial charge is 0.0205 e. The minimum absolute atomic E-state index is 0.959. The summed E-state index contributed by atoms with van der Waals surface area (Å²) in [6.07, 6.45) is 4.30. The maximum absolute atomic E-state index is 3.52. The van der Waals surface area contributed by atoms with E-state index >= 15 is 0 Å². The summed E-state index contributed by atoms with van der Waals surface area (Å²) in [7, 11) is 0. The van der Waals surface area contributed by atoms with Crippen LogP contribution >= 0.6 is 0 Å². The van der Waals surface area contributed by atoms with Gasteiger partial charge in [-0.15, -0.1) is 0 Å². The van der Waals surface area contributed by atoms with Gasteiger partial charge in [-0.3, -0.25) is 0 Å². The summed E-state index contributed by atoms with van der Waals surface area (Å²) in [4.78, 5) is 0. The van der Waals surface area contributed by atoms with E-state index in [-0.39, 0.29) is 0 Å². The Hall–Kier alpha value is -0.820. The summed E-state index contributed by atoms with van der Waals surface area (Å²) in [6, 6.07) is 8.78. The van der Waals surface area contributed by atoms with E-state index in [1.165, 1.54) is 36.9 Å². The number of benzene rings is 1. The van der Waals surface area contributed by atoms with Gasteiger partial charge in [-0.2, -0.15) is 0 Å². The molecular weight excluding hydrogens is 170 g/mol. The largest absolute Gasteiger partial charge is 0.312 e. The Bertz CT molecular complexity index is 272. The quantitative estimate of drug-likeness (QED) is 0.768. The molecule has 0 unspecified atom stereocenters. The first-order valence-electron chi connectivity index (χ1n) is 5.61. The highest BCUT2D eigenvalue weighted by molar-refractivity contribution is 5.21. The molecule has 1 aromatic carbocycles. The van der Waals surface area contributed by atoms with E-state index in [1.54, 1.807) is 0 Å². The first kappa shape index (κ1) is 9.72. The van der Waals surface area contributed by atoms with Gasteiger partial charge in [-0.1, -0.05) is 36.2 Å². The number of rotatable bonds is 4. The maximum Gasteiger partial charge on any atom is 0.0205 e. The van der Waals surface area contributed by atoms with Crippen molar-refractivity contribution in [2.45, 2.75) is 32.7 Å². The van der Waals surface area contributed by atoms with Crippen LogP contribution in [0.3, 0.4) is 0 Å². The van der Waals surface area contributed by atoms with Crippen LogP contribution in [0, 0.1) is 12.8 Å². The normalized spacial score (nSPS) is 16.6. The molecule has 1 aliphatic rings. The highest BCUT2D eigenvalue weighted by Crippen LogP contribution is 2.25. The SMILES string of the molecule is Cc1ccc(CNCC2CCC2)cc1. The zero-order chi connectivity index (χ0) is 9.80. The maximum atomic E-state index is 3.52. The van der Waals surface area contributed by atoms with Crippen LogP contribution in [0.2, 0.25) is 0 Å². The van der Waals surface area contributed by atoms with Gasteiger partial charge < -0.3 is 5.32 Å². The highest BCUT2D eigenvalue weighted by Gasteiger charge is 2.15. The molecular formula is C13H19N. The molecule has 1 N–H and O–H groups in total. The summed E-state index contributed by atoms with van der Waals surface area (Å²) in [5.41, 5.74) is 2.74. The van der Waals surface area contributed by atoms with Crippen molar-refractivity contribution in [2.24, 2.45) is 5.92 Å². The van der Waals surface area contributed by atoms with Crippen molar-refractivity contribution in [3.05, 3.63) is 35.4 Å². The van der Waals surface area contributed by atoms with Gasteiger partial charge in [-0.05, 0) is 37.8 Å². The zero-order valence-electron chi connectivity index (χ0n) is 8.92. The van der Waals surface area contributed by atoms with E-state index in [0.717, 1.165) is 12.5 Å². The second-order valence-corrected chi connectivity index (χ2v) is 4.41. The average molecular weight is 189 g/mol. The molecule has 1 nitrogen and oxygen atoms in total. The minimum atomic E-state index is 0.959. The third-order valence-electron chi connectivity index (χ3n) is 3.11. The van der Waals surface area contributed by atoms with Crippen LogP contribution in [0.15, 0.2) is 24.3 Å². The van der Waals surface area contributed by atoms with Crippen LogP contribution in [-0.4, -0.2) is 6.54 Å². The lowest BCUT2D eigenvalue weighted by Crippen LogP contribution is -2.26. The molecule has 1 aromatic rings. The predicted octanol–water partition coefficient (Wildman–Crippen LogP) is 2.88. The van der Waals surface area contributed by atoms with Gasteiger partial charge in [0.25, 0.3) is 0 Å². The van der Waals surface area contributed by atoms with Crippen LogP contribution in [0.25, 0.3) is 0 Å². The average Bonchev–Trinajstić information content (AvgIpc) is 2.12. The van der Waals surface area contributed by atoms with Gasteiger partial charge in [0.15, 0.2) is 0 Å². The monoisotopic (exact) mass is 189 g/mol. The Morgan fingerprint density at radius 2 is 1.93 bits per heavy atom. The van der Waals surface area contributed by atoms with Gasteiger partial charge in [0.05, 0.1) is 0 Å². The molecule has 0 amide bonds. The summed E-state index contributed by atoms with van der Waals surface area (Å²) in [5, 5.41) is 3.52. The second-order valence-electron chi connectivity index (χ2n) is 4.41. The molecule has 0 aromatic heterocycles. The fraction of sp³-hybridized carbons (Fsp3) is 0.538. The number of aryl methyl sites for hydroxylation is 1. The fourth-order valence-electron chi connectivity index (χ4n) is 1.82. The standard InChI is InChI=1S/C13H19N/c1-11-5-7-13(8-6-11)10-14-9-12-3-2-4-12/h5-8,12,14H,2-4,9-10H2,1H3. The van der Waals surface area contributed by atoms with Crippen LogP contribution in [0.1, 0.15) is 30.4 Å². The minimum Gasteiger partial charge on any atom is -0.312 e. The van der Waals surface area contributed by atoms with Crippen molar-refractivity contribution < 1.29 is 0 Å². The molecule has 0 aliphatic heterocycles. The summed E-state index contributed by atoms with van der Waals surface area (Å²) in [6.45, 7) is 4.36. The van der Waals surface area contributed by atoms with E-state index in [0.29, 0.717) is 0 Å². The molecule has 0 atom stereocenters. The number of hydrogen-bond acceptors (Lipinski definition) is 1. The molecule has 0 radical (unpaired) electrons. The van der Waals surface area contributed by atoms with Gasteiger partial charge in [0.2, 0.25) is 0 Å². The van der Waals surface area contributed by atoms with Crippen LogP contribution in [0.5, 0.6) is 0 Å². The van der Waals surface area contributed by atoms with Gasteiger partial charge >= 0.3 is 0 Å². The third kappa shape index (κ3) is 2.58. The van der Waals surface area contributed by atoms with Gasteiger partial charge in [-0.25, -0.2) is 0 Å². The fourth-order valence-corrected chi connectivity index (χ4v) is 1.82. The van der Waals surface area contributed by atoms with E-state index in [9.17, 15) is 0 Å². The highest BCUT2D eigenvalue weighted by atomic mass is 14.9. The zero-order valence-corrected chi connectivity index (χ0v) is 8.92. The first-order valence-corrected chi connectivity index (χ1v) is 5.61. The molecule has 1 fully saturated rings. The van der Waals surface area contributed by atoms with Crippen molar-refractivity contribution in [1.82, 2.24) is 5.32 Å². The van der Waals surface area contributed by atoms with E-state index in [1.807, 2.05) is 0 Å². The van der Waals surface area contributed by atoms with Gasteiger partial charge in [0.1, 0.15) is 0 Å². The summed E-state index contributed by atoms with van der Waals surface area (Å²) < 4.78 is 0. The summed E-state index contributed by atoms with van der Waals surface area (Å²) >= 11 is 0. The lowest BCUT2D eigenvalue weighted by molar-refractivity contribution is 0.301. The van der Waals surface area contributed by atoms with Crippen molar-refractivity contribution in [2.75, 3.05) is 6.54 Å². The third-order valence-corrected chi connectivity index (χ3v) is 3.11. The number of hydrogen-bond donors (Lipinski definition) is 1. The van der Waals surface area contributed by atoms with Crippen LogP contribution in [-0.2, 0) is 6.54 Å². The lowest BCUT2D eigenvalue weighted by atomic mass is 9.85. The molecule has 0 bridgehead atoms. The molecule has 1 heteroatoms. The molecule has 14 heavy (non-hydrogen) atoms. The Morgan fingerprint density at radius 3 is 2.50 bits per heavy atom. The van der Waals surface area contributed by atoms with Crippen LogP contribution < -0.4 is 5.32 Å². The molecule has 2 rings (SSSR count). The second kappa shape index (κ2) is 4.61. The van der Waals surface area contributed by atoms with Gasteiger partial charge in [0, 0.05) is 6.54 Å². The predicted molar refractivity (Wildman–Crippen MR) is 60.2 cm³/mol. The Balaban J connectivity index is 1.71. The molecule has 0 saturated heterocycles. The molecule has 0 spiro atoms. The van der Waals surface area contributed by atoms with Crippen molar-refractivity contribution >= 4 is 0 Å². The first-order chi connectivity index (χ1) is 6.84. The molecule has 1 saturated carbocycles. The van der Waals surface area contributed by atoms with E-state index < -0.39 is 0 Å². The Morgan fingerprint density at radius 1 is 1.21 bits per heavy atom. The van der Waals surface area contributed by atoms with Crippen LogP contribution in [0.4, 0.5) is 0 Å². The van der Waals surface area contributed by atoms with Crippen molar-refractivity contribution in [3.8, 4) is 0 Å². The lowest BCUT2D eigenvalue weighted by Gasteiger charge is -2.25. The van der Waals surface area contributed by atoms with E-state index in [4.69, 9.17) is 0 Å². The van der Waals surface area contributed by atoms with E-state index in [2.05, 4.69) is 36.5 Å². The molecule has 0 heterocycles. The van der Waals surface area contributed by atoms with Crippen molar-refractivity contribution in [1.29, 1.82) is 0 Å². The molecule has 76 valence electrons. The Labute approximate surface area is 86.5 Å². The molecule has 1 aliphatic carbocycles.